The number of thiazole rings is 1. The first-order chi connectivity index (χ1) is 10.1. The fourth-order valence-electron chi connectivity index (χ4n) is 3.25. The molecule has 4 heteroatoms. The molecule has 1 aliphatic carbocycles. The summed E-state index contributed by atoms with van der Waals surface area (Å²) in [6.07, 6.45) is 6.85. The zero-order valence-electron chi connectivity index (χ0n) is 13.9. The molecule has 0 bridgehead atoms. The highest BCUT2D eigenvalue weighted by atomic mass is 32.1. The van der Waals surface area contributed by atoms with Gasteiger partial charge in [-0.1, -0.05) is 27.2 Å². The van der Waals surface area contributed by atoms with Crippen LogP contribution in [0.4, 0.5) is 0 Å². The average molecular weight is 311 g/mol. The third-order valence-electron chi connectivity index (χ3n) is 4.17. The normalized spacial score (nSPS) is 26.4. The van der Waals surface area contributed by atoms with Gasteiger partial charge in [0.25, 0.3) is 0 Å². The van der Waals surface area contributed by atoms with Crippen LogP contribution in [-0.2, 0) is 16.9 Å². The molecule has 0 amide bonds. The van der Waals surface area contributed by atoms with Gasteiger partial charge in [0.15, 0.2) is 0 Å². The minimum atomic E-state index is -0.118. The van der Waals surface area contributed by atoms with Gasteiger partial charge in [-0.2, -0.15) is 0 Å². The molecule has 1 N–H and O–H groups in total. The van der Waals surface area contributed by atoms with Crippen LogP contribution in [0.1, 0.15) is 63.3 Å². The minimum absolute atomic E-state index is 0.118. The number of aromatic nitrogens is 1. The maximum Gasteiger partial charge on any atom is 0.125 e. The monoisotopic (exact) mass is 310 g/mol. The molecule has 1 aliphatic rings. The fraction of sp³-hybridized carbons (Fsp3) is 0.824. The summed E-state index contributed by atoms with van der Waals surface area (Å²) in [5.74, 6) is 1.42. The third-order valence-corrected chi connectivity index (χ3v) is 5.35. The van der Waals surface area contributed by atoms with Crippen LogP contribution >= 0.6 is 11.3 Å². The van der Waals surface area contributed by atoms with Gasteiger partial charge in [0.1, 0.15) is 10.6 Å². The van der Waals surface area contributed by atoms with Crippen LogP contribution in [0.25, 0.3) is 0 Å². The summed E-state index contributed by atoms with van der Waals surface area (Å²) in [5, 5.41) is 4.69. The lowest BCUT2D eigenvalue weighted by Gasteiger charge is -2.38. The first kappa shape index (κ1) is 16.9. The molecule has 21 heavy (non-hydrogen) atoms. The molecule has 2 unspecified atom stereocenters. The Kier molecular flexibility index (Phi) is 6.20. The van der Waals surface area contributed by atoms with Crippen molar-refractivity contribution in [2.24, 2.45) is 11.8 Å². The van der Waals surface area contributed by atoms with Gasteiger partial charge in [-0.3, -0.25) is 0 Å². The zero-order valence-corrected chi connectivity index (χ0v) is 14.8. The number of ether oxygens (including phenoxy) is 1. The van der Waals surface area contributed by atoms with E-state index in [0.717, 1.165) is 38.5 Å². The van der Waals surface area contributed by atoms with E-state index in [0.29, 0.717) is 5.92 Å². The summed E-state index contributed by atoms with van der Waals surface area (Å²) in [6, 6.07) is 0. The highest BCUT2D eigenvalue weighted by Crippen LogP contribution is 2.44. The third kappa shape index (κ3) is 4.51. The van der Waals surface area contributed by atoms with Crippen molar-refractivity contribution < 1.29 is 4.74 Å². The molecule has 1 fully saturated rings. The van der Waals surface area contributed by atoms with Crippen molar-refractivity contribution in [1.82, 2.24) is 10.3 Å². The lowest BCUT2D eigenvalue weighted by molar-refractivity contribution is -0.0820. The summed E-state index contributed by atoms with van der Waals surface area (Å²) < 4.78 is 6.21. The van der Waals surface area contributed by atoms with Crippen molar-refractivity contribution >= 4 is 11.3 Å². The Balaban J connectivity index is 2.05. The minimum Gasteiger partial charge on any atom is -0.368 e. The van der Waals surface area contributed by atoms with Gasteiger partial charge in [0, 0.05) is 24.2 Å². The predicted molar refractivity (Wildman–Crippen MR) is 89.6 cm³/mol. The van der Waals surface area contributed by atoms with Gasteiger partial charge < -0.3 is 10.1 Å². The standard InChI is InChI=1S/C17H30N2OS/c1-5-20-17(8-6-7-14(4)9-17)16-19-12-15(21-16)11-18-10-13(2)3/h12-14,18H,5-11H2,1-4H3. The molecule has 3 nitrogen and oxygen atoms in total. The van der Waals surface area contributed by atoms with Crippen LogP contribution in [0.2, 0.25) is 0 Å². The van der Waals surface area contributed by atoms with E-state index < -0.39 is 0 Å². The number of nitrogens with zero attached hydrogens (tertiary/aromatic N) is 1. The van der Waals surface area contributed by atoms with E-state index in [1.165, 1.54) is 22.7 Å². The first-order valence-electron chi connectivity index (χ1n) is 8.35. The Morgan fingerprint density at radius 1 is 1.52 bits per heavy atom. The van der Waals surface area contributed by atoms with E-state index in [4.69, 9.17) is 9.72 Å². The van der Waals surface area contributed by atoms with E-state index in [-0.39, 0.29) is 5.60 Å². The SMILES string of the molecule is CCOC1(c2ncc(CNCC(C)C)s2)CCCC(C)C1. The second-order valence-electron chi connectivity index (χ2n) is 6.79. The van der Waals surface area contributed by atoms with E-state index in [2.05, 4.69) is 33.0 Å². The van der Waals surface area contributed by atoms with Gasteiger partial charge in [-0.05, 0) is 44.6 Å². The molecule has 0 radical (unpaired) electrons. The smallest absolute Gasteiger partial charge is 0.125 e. The van der Waals surface area contributed by atoms with Crippen LogP contribution in [0.5, 0.6) is 0 Å². The Bertz CT molecular complexity index is 428. The van der Waals surface area contributed by atoms with Gasteiger partial charge in [0.2, 0.25) is 0 Å². The summed E-state index contributed by atoms with van der Waals surface area (Å²) >= 11 is 1.83. The largest absolute Gasteiger partial charge is 0.368 e. The Morgan fingerprint density at radius 3 is 3.00 bits per heavy atom. The fourth-order valence-corrected chi connectivity index (χ4v) is 4.31. The number of hydrogen-bond donors (Lipinski definition) is 1. The second kappa shape index (κ2) is 7.70. The molecule has 1 heterocycles. The van der Waals surface area contributed by atoms with Crippen molar-refractivity contribution in [3.8, 4) is 0 Å². The van der Waals surface area contributed by atoms with Gasteiger partial charge in [-0.15, -0.1) is 11.3 Å². The number of hydrogen-bond acceptors (Lipinski definition) is 4. The Labute approximate surface area is 133 Å². The number of nitrogens with one attached hydrogen (secondary N) is 1. The molecule has 1 saturated carbocycles. The van der Waals surface area contributed by atoms with E-state index in [1.807, 2.05) is 17.5 Å². The van der Waals surface area contributed by atoms with E-state index in [1.54, 1.807) is 0 Å². The van der Waals surface area contributed by atoms with Gasteiger partial charge in [0.05, 0.1) is 0 Å². The predicted octanol–water partition coefficient (Wildman–Crippen LogP) is 4.33. The van der Waals surface area contributed by atoms with Crippen LogP contribution < -0.4 is 5.32 Å². The van der Waals surface area contributed by atoms with Crippen LogP contribution in [0, 0.1) is 11.8 Å². The number of rotatable bonds is 7. The molecule has 1 aromatic rings. The van der Waals surface area contributed by atoms with Crippen molar-refractivity contribution in [1.29, 1.82) is 0 Å². The van der Waals surface area contributed by atoms with Crippen molar-refractivity contribution in [2.45, 2.75) is 65.5 Å². The quantitative estimate of drug-likeness (QED) is 0.814. The van der Waals surface area contributed by atoms with Crippen molar-refractivity contribution in [2.75, 3.05) is 13.2 Å². The topological polar surface area (TPSA) is 34.1 Å². The molecular formula is C17H30N2OS. The summed E-state index contributed by atoms with van der Waals surface area (Å²) in [7, 11) is 0. The van der Waals surface area contributed by atoms with E-state index in [9.17, 15) is 0 Å². The maximum atomic E-state index is 6.21. The molecule has 0 spiro atoms. The molecule has 1 aromatic heterocycles. The molecule has 0 saturated heterocycles. The van der Waals surface area contributed by atoms with Crippen LogP contribution in [-0.4, -0.2) is 18.1 Å². The van der Waals surface area contributed by atoms with Crippen molar-refractivity contribution in [3.05, 3.63) is 16.1 Å². The molecule has 0 aliphatic heterocycles. The zero-order chi connectivity index (χ0) is 15.3. The summed E-state index contributed by atoms with van der Waals surface area (Å²) in [6.45, 7) is 11.7. The highest BCUT2D eigenvalue weighted by molar-refractivity contribution is 7.11. The van der Waals surface area contributed by atoms with Crippen LogP contribution in [0.15, 0.2) is 6.20 Å². The lowest BCUT2D eigenvalue weighted by atomic mass is 9.79. The van der Waals surface area contributed by atoms with Gasteiger partial charge >= 0.3 is 0 Å². The van der Waals surface area contributed by atoms with Crippen LogP contribution in [0.3, 0.4) is 0 Å². The summed E-state index contributed by atoms with van der Waals surface area (Å²) in [4.78, 5) is 6.04. The Hall–Kier alpha value is -0.450. The maximum absolute atomic E-state index is 6.21. The second-order valence-corrected chi connectivity index (χ2v) is 7.90. The summed E-state index contributed by atoms with van der Waals surface area (Å²) in [5.41, 5.74) is -0.118. The molecule has 120 valence electrons. The lowest BCUT2D eigenvalue weighted by Crippen LogP contribution is -2.35. The van der Waals surface area contributed by atoms with E-state index >= 15 is 0 Å². The molecular weight excluding hydrogens is 280 g/mol. The van der Waals surface area contributed by atoms with Crippen molar-refractivity contribution in [3.63, 3.8) is 0 Å². The molecule has 0 aromatic carbocycles. The molecule has 2 atom stereocenters. The van der Waals surface area contributed by atoms with Gasteiger partial charge in [-0.25, -0.2) is 4.98 Å². The first-order valence-corrected chi connectivity index (χ1v) is 9.17. The Morgan fingerprint density at radius 2 is 2.33 bits per heavy atom. The highest BCUT2D eigenvalue weighted by Gasteiger charge is 2.39. The average Bonchev–Trinajstić information content (AvgIpc) is 2.88. The molecule has 2 rings (SSSR count).